The molecule has 2 aromatic rings. The number of hydrogen-bond acceptors (Lipinski definition) is 5. The first kappa shape index (κ1) is 13.7. The van der Waals surface area contributed by atoms with Crippen molar-refractivity contribution in [2.45, 2.75) is 0 Å². The summed E-state index contributed by atoms with van der Waals surface area (Å²) in [6, 6.07) is 7.30. The highest BCUT2D eigenvalue weighted by Crippen LogP contribution is 2.26. The van der Waals surface area contributed by atoms with E-state index in [-0.39, 0.29) is 12.2 Å². The van der Waals surface area contributed by atoms with E-state index >= 15 is 0 Å². The molecule has 0 saturated heterocycles. The molecule has 0 spiro atoms. The van der Waals surface area contributed by atoms with Crippen molar-refractivity contribution in [3.8, 4) is 11.5 Å². The van der Waals surface area contributed by atoms with Crippen molar-refractivity contribution < 1.29 is 29.3 Å². The standard InChI is InChI=1S/C14H12O6/c1-19-13(16)7-20-10-3-2-8-6-12(15)11(14(17)18)5-9(8)4-10/h2-6,15H,7H2,1H3,(H,17,18)/p-1. The van der Waals surface area contributed by atoms with Gasteiger partial charge in [0.1, 0.15) is 5.75 Å². The highest BCUT2D eigenvalue weighted by molar-refractivity contribution is 5.97. The van der Waals surface area contributed by atoms with Gasteiger partial charge >= 0.3 is 11.9 Å². The van der Waals surface area contributed by atoms with E-state index in [2.05, 4.69) is 4.74 Å². The van der Waals surface area contributed by atoms with Gasteiger partial charge in [-0.25, -0.2) is 9.59 Å². The fourth-order valence-corrected chi connectivity index (χ4v) is 1.71. The summed E-state index contributed by atoms with van der Waals surface area (Å²) in [5, 5.41) is 21.6. The lowest BCUT2D eigenvalue weighted by Crippen LogP contribution is -2.12. The minimum absolute atomic E-state index is 0.243. The van der Waals surface area contributed by atoms with Gasteiger partial charge in [0.25, 0.3) is 0 Å². The summed E-state index contributed by atoms with van der Waals surface area (Å²) in [4.78, 5) is 21.9. The first-order valence-electron chi connectivity index (χ1n) is 5.69. The highest BCUT2D eigenvalue weighted by Gasteiger charge is 2.07. The van der Waals surface area contributed by atoms with Gasteiger partial charge in [-0.15, -0.1) is 0 Å². The van der Waals surface area contributed by atoms with Gasteiger partial charge in [-0.1, -0.05) is 17.9 Å². The number of esters is 1. The zero-order valence-corrected chi connectivity index (χ0v) is 10.6. The van der Waals surface area contributed by atoms with Gasteiger partial charge in [-0.2, -0.15) is 0 Å². The first-order valence-corrected chi connectivity index (χ1v) is 5.69. The predicted octanol–water partition coefficient (Wildman–Crippen LogP) is 1.16. The van der Waals surface area contributed by atoms with Crippen LogP contribution in [0, 0.1) is 0 Å². The summed E-state index contributed by atoms with van der Waals surface area (Å²) in [7, 11) is 1.25. The molecule has 0 bridgehead atoms. The maximum absolute atomic E-state index is 11.5. The van der Waals surface area contributed by atoms with Crippen LogP contribution in [-0.2, 0) is 9.53 Å². The van der Waals surface area contributed by atoms with Crippen molar-refractivity contribution in [3.63, 3.8) is 0 Å². The molecule has 1 N–H and O–H groups in total. The van der Waals surface area contributed by atoms with E-state index in [0.29, 0.717) is 16.5 Å². The summed E-state index contributed by atoms with van der Waals surface area (Å²) in [5.74, 6) is -1.96. The van der Waals surface area contributed by atoms with Crippen LogP contribution in [0.2, 0.25) is 0 Å². The second kappa shape index (κ2) is 5.48. The second-order valence-electron chi connectivity index (χ2n) is 4.03. The molecule has 104 valence electrons. The number of carboxylic acids is 1. The molecule has 0 radical (unpaired) electrons. The van der Waals surface area contributed by atoms with Gasteiger partial charge in [-0.05, 0) is 29.0 Å². The fourth-order valence-electron chi connectivity index (χ4n) is 1.71. The van der Waals surface area contributed by atoms with Crippen molar-refractivity contribution in [3.05, 3.63) is 35.9 Å². The number of hydrogen-bond donors (Lipinski definition) is 1. The number of benzene rings is 2. The quantitative estimate of drug-likeness (QED) is 0.841. The molecule has 0 fully saturated rings. The first-order chi connectivity index (χ1) is 9.51. The van der Waals surface area contributed by atoms with E-state index in [9.17, 15) is 14.7 Å². The smallest absolute Gasteiger partial charge is 0.343 e. The number of carbonyl (C=O) groups is 2. The lowest BCUT2D eigenvalue weighted by atomic mass is 10.1. The van der Waals surface area contributed by atoms with E-state index in [4.69, 9.17) is 9.84 Å². The van der Waals surface area contributed by atoms with Gasteiger partial charge in [-0.3, -0.25) is 0 Å². The lowest BCUT2D eigenvalue weighted by Gasteiger charge is -2.12. The molecule has 0 saturated carbocycles. The van der Waals surface area contributed by atoms with Crippen LogP contribution in [0.3, 0.4) is 0 Å². The van der Waals surface area contributed by atoms with E-state index in [0.717, 1.165) is 0 Å². The normalized spacial score (nSPS) is 10.2. The topological polar surface area (TPSA) is 95.9 Å². The molecular weight excluding hydrogens is 264 g/mol. The van der Waals surface area contributed by atoms with Crippen molar-refractivity contribution in [2.24, 2.45) is 0 Å². The third-order valence-electron chi connectivity index (χ3n) is 2.72. The average molecular weight is 275 g/mol. The Morgan fingerprint density at radius 2 is 1.95 bits per heavy atom. The van der Waals surface area contributed by atoms with E-state index < -0.39 is 17.7 Å². The Hall–Kier alpha value is -2.76. The van der Waals surface area contributed by atoms with Crippen LogP contribution in [-0.4, -0.2) is 30.8 Å². The highest BCUT2D eigenvalue weighted by atomic mass is 16.6. The minimum atomic E-state index is -1.28. The molecule has 6 heteroatoms. The Balaban J connectivity index is 2.35. The van der Waals surface area contributed by atoms with Crippen molar-refractivity contribution in [1.82, 2.24) is 0 Å². The average Bonchev–Trinajstić information content (AvgIpc) is 2.43. The zero-order valence-electron chi connectivity index (χ0n) is 10.6. The van der Waals surface area contributed by atoms with Crippen LogP contribution in [0.5, 0.6) is 11.5 Å². The van der Waals surface area contributed by atoms with E-state index in [1.165, 1.54) is 19.2 Å². The van der Waals surface area contributed by atoms with Crippen molar-refractivity contribution >= 4 is 22.7 Å². The summed E-state index contributed by atoms with van der Waals surface area (Å²) in [5.41, 5.74) is -0.303. The molecule has 0 aliphatic heterocycles. The number of methoxy groups -OCH3 is 1. The SMILES string of the molecule is COC(=O)COc1ccc2cc([O-])c(C(=O)O)cc2c1. The molecule has 0 atom stereocenters. The number of rotatable bonds is 4. The maximum Gasteiger partial charge on any atom is 0.343 e. The Morgan fingerprint density at radius 3 is 2.60 bits per heavy atom. The predicted molar refractivity (Wildman–Crippen MR) is 67.9 cm³/mol. The third-order valence-corrected chi connectivity index (χ3v) is 2.72. The number of carboxylic acid groups (broad SMARTS) is 1. The molecule has 6 nitrogen and oxygen atoms in total. The maximum atomic E-state index is 11.5. The van der Waals surface area contributed by atoms with Gasteiger partial charge in [0.15, 0.2) is 6.61 Å². The Kier molecular flexibility index (Phi) is 3.74. The Labute approximate surface area is 114 Å². The summed E-state index contributed by atoms with van der Waals surface area (Å²) in [6.07, 6.45) is 0. The summed E-state index contributed by atoms with van der Waals surface area (Å²) in [6.45, 7) is -0.243. The van der Waals surface area contributed by atoms with Crippen molar-refractivity contribution in [1.29, 1.82) is 0 Å². The fraction of sp³-hybridized carbons (Fsp3) is 0.143. The zero-order chi connectivity index (χ0) is 14.7. The number of fused-ring (bicyclic) bond motifs is 1. The van der Waals surface area contributed by atoms with Crippen LogP contribution in [0.1, 0.15) is 10.4 Å². The van der Waals surface area contributed by atoms with Crippen molar-refractivity contribution in [2.75, 3.05) is 13.7 Å². The number of aromatic carboxylic acids is 1. The minimum Gasteiger partial charge on any atom is -0.872 e. The number of ether oxygens (including phenoxy) is 2. The molecule has 20 heavy (non-hydrogen) atoms. The van der Waals surface area contributed by atoms with Gasteiger partial charge in [0, 0.05) is 0 Å². The second-order valence-corrected chi connectivity index (χ2v) is 4.03. The van der Waals surface area contributed by atoms with Gasteiger partial charge in [0.05, 0.1) is 12.7 Å². The molecule has 2 aromatic carbocycles. The molecule has 0 aliphatic carbocycles. The monoisotopic (exact) mass is 275 g/mol. The van der Waals surface area contributed by atoms with Gasteiger partial charge in [0.2, 0.25) is 0 Å². The Morgan fingerprint density at radius 1 is 1.20 bits per heavy atom. The van der Waals surface area contributed by atoms with E-state index in [1.54, 1.807) is 18.2 Å². The van der Waals surface area contributed by atoms with Crippen LogP contribution < -0.4 is 9.84 Å². The molecule has 0 aliphatic rings. The van der Waals surface area contributed by atoms with Crippen LogP contribution in [0.4, 0.5) is 0 Å². The number of carbonyl (C=O) groups excluding carboxylic acids is 1. The molecule has 2 rings (SSSR count). The van der Waals surface area contributed by atoms with Crippen LogP contribution in [0.25, 0.3) is 10.8 Å². The molecule has 0 aromatic heterocycles. The summed E-state index contributed by atoms with van der Waals surface area (Å²) < 4.78 is 9.64. The molecule has 0 heterocycles. The van der Waals surface area contributed by atoms with Crippen LogP contribution in [0.15, 0.2) is 30.3 Å². The van der Waals surface area contributed by atoms with Crippen LogP contribution >= 0.6 is 0 Å². The molecule has 0 amide bonds. The third kappa shape index (κ3) is 2.80. The largest absolute Gasteiger partial charge is 0.872 e. The summed E-state index contributed by atoms with van der Waals surface area (Å²) >= 11 is 0. The lowest BCUT2D eigenvalue weighted by molar-refractivity contribution is -0.268. The van der Waals surface area contributed by atoms with Gasteiger partial charge < -0.3 is 19.7 Å². The van der Waals surface area contributed by atoms with E-state index in [1.807, 2.05) is 0 Å². The molecule has 0 unspecified atom stereocenters. The molecular formula is C14H11O6-. The Bertz CT molecular complexity index is 677.